The lowest BCUT2D eigenvalue weighted by Crippen LogP contribution is -2.62. The Kier molecular flexibility index (Phi) is 20.8. The molecular formula is C63H76F2N12O9. The summed E-state index contributed by atoms with van der Waals surface area (Å²) >= 11 is 0. The molecule has 86 heavy (non-hydrogen) atoms. The van der Waals surface area contributed by atoms with Gasteiger partial charge >= 0.3 is 6.09 Å². The van der Waals surface area contributed by atoms with Crippen molar-refractivity contribution in [2.24, 2.45) is 5.41 Å². The minimum absolute atomic E-state index is 0.0393. The molecule has 23 heteroatoms. The van der Waals surface area contributed by atoms with E-state index in [0.717, 1.165) is 48.1 Å². The van der Waals surface area contributed by atoms with E-state index in [1.165, 1.54) is 34.8 Å². The number of likely N-dealkylation sites (N-methyl/N-ethyl adjacent to an activating group) is 1. The van der Waals surface area contributed by atoms with Gasteiger partial charge in [0.25, 0.3) is 5.91 Å². The SMILES string of the molecule is C[C@@H](C(=O)N[C@H](C(=O)N1Cc2cc(OCCOCC(=O)NCCCn3c(CNc4cccc(C(=O)NCc5c(F)cccc5F)c4)nnc3-c3ccncn3)ccc2CC1C(=O)N[C@@H]1CCCc2ccccc21)C(C)(C)C)N(C)C(=O)OC(C)(C)C. The third-order valence-electron chi connectivity index (χ3n) is 14.9. The molecule has 2 aliphatic rings. The van der Waals surface area contributed by atoms with Gasteiger partial charge in [-0.3, -0.25) is 28.9 Å². The van der Waals surface area contributed by atoms with Crippen molar-refractivity contribution >= 4 is 41.3 Å². The summed E-state index contributed by atoms with van der Waals surface area (Å²) in [6.45, 7) is 12.8. The maximum absolute atomic E-state index is 15.1. The number of amides is 6. The zero-order valence-corrected chi connectivity index (χ0v) is 49.9. The van der Waals surface area contributed by atoms with Gasteiger partial charge in [0.15, 0.2) is 11.6 Å². The van der Waals surface area contributed by atoms with Crippen LogP contribution in [0.2, 0.25) is 0 Å². The lowest BCUT2D eigenvalue weighted by atomic mass is 9.83. The normalized spacial score (nSPS) is 15.4. The monoisotopic (exact) mass is 1180 g/mol. The molecule has 1 aliphatic heterocycles. The summed E-state index contributed by atoms with van der Waals surface area (Å²) in [5.74, 6) is -2.17. The van der Waals surface area contributed by atoms with Crippen LogP contribution in [0.5, 0.6) is 5.75 Å². The number of ether oxygens (including phenoxy) is 3. The minimum atomic E-state index is -1.10. The highest BCUT2D eigenvalue weighted by atomic mass is 19.1. The Bertz CT molecular complexity index is 3370. The molecule has 0 bridgehead atoms. The molecule has 1 unspecified atom stereocenters. The predicted molar refractivity (Wildman–Crippen MR) is 316 cm³/mol. The molecule has 6 amide bonds. The highest BCUT2D eigenvalue weighted by Crippen LogP contribution is 2.34. The van der Waals surface area contributed by atoms with Crippen LogP contribution < -0.4 is 31.3 Å². The van der Waals surface area contributed by atoms with Crippen molar-refractivity contribution < 1.29 is 51.8 Å². The number of nitrogens with one attached hydrogen (secondary N) is 5. The number of halogens is 2. The van der Waals surface area contributed by atoms with Crippen molar-refractivity contribution in [1.29, 1.82) is 0 Å². The highest BCUT2D eigenvalue weighted by Gasteiger charge is 2.44. The van der Waals surface area contributed by atoms with E-state index in [1.807, 2.05) is 55.7 Å². The molecule has 8 rings (SSSR count). The number of aromatic nitrogens is 5. The molecule has 1 aliphatic carbocycles. The average Bonchev–Trinajstić information content (AvgIpc) is 2.60. The smallest absolute Gasteiger partial charge is 0.410 e. The number of nitrogens with zero attached hydrogens (tertiary/aromatic N) is 7. The number of fused-ring (bicyclic) bond motifs is 2. The van der Waals surface area contributed by atoms with Crippen molar-refractivity contribution in [3.63, 3.8) is 0 Å². The Labute approximate surface area is 499 Å². The van der Waals surface area contributed by atoms with E-state index in [4.69, 9.17) is 14.2 Å². The van der Waals surface area contributed by atoms with Gasteiger partial charge in [-0.05, 0) is 130 Å². The number of carbonyl (C=O) groups excluding carboxylic acids is 6. The van der Waals surface area contributed by atoms with Gasteiger partial charge in [-0.25, -0.2) is 23.5 Å². The second kappa shape index (κ2) is 28.4. The van der Waals surface area contributed by atoms with E-state index in [2.05, 4.69) is 52.8 Å². The van der Waals surface area contributed by atoms with Crippen molar-refractivity contribution in [3.8, 4) is 17.3 Å². The average molecular weight is 1180 g/mol. The number of anilines is 1. The lowest BCUT2D eigenvalue weighted by molar-refractivity contribution is -0.147. The van der Waals surface area contributed by atoms with Gasteiger partial charge in [-0.15, -0.1) is 10.2 Å². The Morgan fingerprint density at radius 3 is 2.35 bits per heavy atom. The van der Waals surface area contributed by atoms with E-state index < -0.39 is 64.6 Å². The number of aryl methyl sites for hydroxylation is 1. The quantitative estimate of drug-likeness (QED) is 0.0393. The zero-order chi connectivity index (χ0) is 61.7. The molecule has 0 radical (unpaired) electrons. The van der Waals surface area contributed by atoms with Crippen molar-refractivity contribution in [1.82, 2.24) is 55.8 Å². The van der Waals surface area contributed by atoms with Crippen LogP contribution in [0.25, 0.3) is 11.5 Å². The number of rotatable bonds is 23. The summed E-state index contributed by atoms with van der Waals surface area (Å²) in [5.41, 5.74) is 3.38. The van der Waals surface area contributed by atoms with Crippen molar-refractivity contribution in [3.05, 3.63) is 154 Å². The van der Waals surface area contributed by atoms with Crippen LogP contribution in [0.4, 0.5) is 19.3 Å². The number of hydrogen-bond acceptors (Lipinski definition) is 14. The number of carbonyl (C=O) groups is 6. The van der Waals surface area contributed by atoms with Crippen LogP contribution in [0.1, 0.15) is 118 Å². The van der Waals surface area contributed by atoms with E-state index in [9.17, 15) is 32.8 Å². The summed E-state index contributed by atoms with van der Waals surface area (Å²) < 4.78 is 47.5. The standard InChI is InChI=1S/C63H76F2N12O9/c1-39(75(8)61(83)86-63(5,6)7)57(79)72-55(62(2,3)4)60(82)77-36-43-32-45(24-23-41(43)33-52(77)59(81)71-50-22-12-16-40-15-9-10-19-46(40)50)85-30-29-84-37-54(78)67-26-14-28-76-53(73-74-56(76)51-25-27-66-38-70-51)35-68-44-18-11-17-42(31-44)58(80)69-34-47-48(64)20-13-21-49(47)65/h9-11,13,15,17-21,23-25,27,31-32,38-39,50,52,55,68H,12,14,16,22,26,28-30,33-37H2,1-8H3,(H,67,78)(H,69,80)(H,71,81)(H,72,79)/t39-,50+,52?,55+/m0/s1. The Balaban J connectivity index is 0.850. The van der Waals surface area contributed by atoms with Gasteiger partial charge in [0.05, 0.1) is 19.2 Å². The molecule has 0 spiro atoms. The lowest BCUT2D eigenvalue weighted by Gasteiger charge is -2.42. The third-order valence-corrected chi connectivity index (χ3v) is 14.9. The van der Waals surface area contributed by atoms with E-state index >= 15 is 4.79 Å². The second-order valence-corrected chi connectivity index (χ2v) is 23.5. The molecule has 21 nitrogen and oxygen atoms in total. The van der Waals surface area contributed by atoms with Crippen LogP contribution in [0, 0.1) is 17.0 Å². The van der Waals surface area contributed by atoms with Gasteiger partial charge in [0.1, 0.15) is 66.3 Å². The van der Waals surface area contributed by atoms with Gasteiger partial charge < -0.3 is 50.3 Å². The van der Waals surface area contributed by atoms with Crippen LogP contribution in [-0.2, 0) is 67.7 Å². The summed E-state index contributed by atoms with van der Waals surface area (Å²) in [6.07, 6.45) is 5.55. The fourth-order valence-corrected chi connectivity index (χ4v) is 10.2. The molecule has 5 N–H and O–H groups in total. The Morgan fingerprint density at radius 2 is 1.60 bits per heavy atom. The summed E-state index contributed by atoms with van der Waals surface area (Å²) in [4.78, 5) is 93.5. The fourth-order valence-electron chi connectivity index (χ4n) is 10.2. The van der Waals surface area contributed by atoms with Gasteiger partial charge in [-0.1, -0.05) is 63.2 Å². The molecule has 4 aromatic carbocycles. The molecular weight excluding hydrogens is 1110 g/mol. The van der Waals surface area contributed by atoms with E-state index in [1.54, 1.807) is 70.3 Å². The topological polar surface area (TPSA) is 253 Å². The fraction of sp³-hybridized carbons (Fsp3) is 0.429. The van der Waals surface area contributed by atoms with Crippen LogP contribution in [0.3, 0.4) is 0 Å². The highest BCUT2D eigenvalue weighted by molar-refractivity contribution is 5.96. The second-order valence-electron chi connectivity index (χ2n) is 23.5. The van der Waals surface area contributed by atoms with E-state index in [-0.39, 0.29) is 74.9 Å². The maximum atomic E-state index is 15.1. The number of hydrogen-bond donors (Lipinski definition) is 5. The molecule has 456 valence electrons. The maximum Gasteiger partial charge on any atom is 0.410 e. The molecule has 0 saturated carbocycles. The Hall–Kier alpha value is -8.86. The zero-order valence-electron chi connectivity index (χ0n) is 49.9. The molecule has 6 aromatic rings. The summed E-state index contributed by atoms with van der Waals surface area (Å²) in [6, 6.07) is 22.2. The first kappa shape index (κ1) is 63.2. The molecule has 0 saturated heterocycles. The number of benzene rings is 4. The summed E-state index contributed by atoms with van der Waals surface area (Å²) in [7, 11) is 1.46. The predicted octanol–water partition coefficient (Wildman–Crippen LogP) is 7.39. The van der Waals surface area contributed by atoms with Crippen LogP contribution in [-0.4, -0.2) is 127 Å². The molecule has 0 fully saturated rings. The van der Waals surface area contributed by atoms with Crippen LogP contribution in [0.15, 0.2) is 104 Å². The van der Waals surface area contributed by atoms with Crippen molar-refractivity contribution in [2.75, 3.05) is 38.7 Å². The minimum Gasteiger partial charge on any atom is -0.491 e. The first-order valence-electron chi connectivity index (χ1n) is 28.8. The first-order valence-corrected chi connectivity index (χ1v) is 28.8. The third kappa shape index (κ3) is 16.5. The van der Waals surface area contributed by atoms with Gasteiger partial charge in [0.2, 0.25) is 23.6 Å². The van der Waals surface area contributed by atoms with E-state index in [0.29, 0.717) is 48.3 Å². The van der Waals surface area contributed by atoms with Gasteiger partial charge in [-0.2, -0.15) is 0 Å². The molecule has 3 heterocycles. The Morgan fingerprint density at radius 1 is 0.837 bits per heavy atom. The van der Waals surface area contributed by atoms with Gasteiger partial charge in [0, 0.05) is 62.7 Å². The molecule has 2 aromatic heterocycles. The summed E-state index contributed by atoms with van der Waals surface area (Å²) in [5, 5.41) is 23.7. The largest absolute Gasteiger partial charge is 0.491 e. The van der Waals surface area contributed by atoms with Crippen molar-refractivity contribution in [2.45, 2.75) is 137 Å². The molecule has 4 atom stereocenters. The first-order chi connectivity index (χ1) is 41.0. The van der Waals surface area contributed by atoms with Crippen LogP contribution >= 0.6 is 0 Å².